The lowest BCUT2D eigenvalue weighted by molar-refractivity contribution is -0.105. The van der Waals surface area contributed by atoms with E-state index in [4.69, 9.17) is 4.74 Å². The Morgan fingerprint density at radius 2 is 2.00 bits per heavy atom. The quantitative estimate of drug-likeness (QED) is 0.689. The summed E-state index contributed by atoms with van der Waals surface area (Å²) in [4.78, 5) is 13.3. The number of anilines is 2. The molecule has 22 heavy (non-hydrogen) atoms. The number of benzene rings is 1. The first kappa shape index (κ1) is 16.8. The molecule has 0 unspecified atom stereocenters. The van der Waals surface area contributed by atoms with E-state index in [1.807, 2.05) is 19.9 Å². The summed E-state index contributed by atoms with van der Waals surface area (Å²) < 4.78 is 5.48. The molecule has 1 aromatic rings. The zero-order valence-corrected chi connectivity index (χ0v) is 13.7. The van der Waals surface area contributed by atoms with Gasteiger partial charge in [0.15, 0.2) is 0 Å². The molecule has 0 aliphatic carbocycles. The van der Waals surface area contributed by atoms with E-state index in [1.54, 1.807) is 0 Å². The van der Waals surface area contributed by atoms with E-state index >= 15 is 0 Å². The van der Waals surface area contributed by atoms with E-state index < -0.39 is 0 Å². The van der Waals surface area contributed by atoms with Crippen LogP contribution in [0.3, 0.4) is 0 Å². The summed E-state index contributed by atoms with van der Waals surface area (Å²) in [5.74, 6) is 0. The molecule has 1 heterocycles. The largest absolute Gasteiger partial charge is 0.383 e. The van der Waals surface area contributed by atoms with E-state index in [2.05, 4.69) is 21.6 Å². The van der Waals surface area contributed by atoms with E-state index in [0.29, 0.717) is 13.2 Å². The van der Waals surface area contributed by atoms with Gasteiger partial charge in [0.05, 0.1) is 6.61 Å². The van der Waals surface area contributed by atoms with Gasteiger partial charge in [-0.25, -0.2) is 0 Å². The monoisotopic (exact) mass is 305 g/mol. The Bertz CT molecular complexity index is 485. The van der Waals surface area contributed by atoms with Gasteiger partial charge in [-0.05, 0) is 63.0 Å². The third kappa shape index (κ3) is 4.71. The first-order valence-corrected chi connectivity index (χ1v) is 8.12. The minimum absolute atomic E-state index is 0.561. The number of carbonyl (C=O) groups excluding carboxylic acids is 1. The van der Waals surface area contributed by atoms with Crippen molar-refractivity contribution < 1.29 is 9.53 Å². The van der Waals surface area contributed by atoms with Gasteiger partial charge in [-0.15, -0.1) is 0 Å². The third-order valence-corrected chi connectivity index (χ3v) is 4.10. The van der Waals surface area contributed by atoms with E-state index in [0.717, 1.165) is 42.0 Å². The summed E-state index contributed by atoms with van der Waals surface area (Å²) in [5, 5.41) is 6.28. The molecule has 5 nitrogen and oxygen atoms in total. The molecule has 1 aliphatic heterocycles. The van der Waals surface area contributed by atoms with Crippen LogP contribution in [-0.2, 0) is 16.1 Å². The second-order valence-corrected chi connectivity index (χ2v) is 5.69. The fraction of sp³-hybridized carbons (Fsp3) is 0.588. The fourth-order valence-electron chi connectivity index (χ4n) is 2.83. The van der Waals surface area contributed by atoms with Crippen LogP contribution in [0.2, 0.25) is 0 Å². The molecule has 122 valence electrons. The zero-order chi connectivity index (χ0) is 15.8. The number of hydrogen-bond acceptors (Lipinski definition) is 4. The molecule has 1 saturated heterocycles. The molecule has 0 radical (unpaired) electrons. The van der Waals surface area contributed by atoms with Crippen LogP contribution in [0.4, 0.5) is 11.4 Å². The Balaban J connectivity index is 2.02. The Hall–Kier alpha value is -1.59. The van der Waals surface area contributed by atoms with Crippen molar-refractivity contribution in [1.82, 2.24) is 4.90 Å². The average Bonchev–Trinajstić information content (AvgIpc) is 3.02. The first-order chi connectivity index (χ1) is 10.7. The van der Waals surface area contributed by atoms with Crippen molar-refractivity contribution in [3.63, 3.8) is 0 Å². The topological polar surface area (TPSA) is 53.6 Å². The van der Waals surface area contributed by atoms with Crippen molar-refractivity contribution in [2.24, 2.45) is 0 Å². The lowest BCUT2D eigenvalue weighted by Gasteiger charge is -2.18. The van der Waals surface area contributed by atoms with Crippen LogP contribution in [0.5, 0.6) is 0 Å². The highest BCUT2D eigenvalue weighted by atomic mass is 16.5. The predicted octanol–water partition coefficient (Wildman–Crippen LogP) is 2.61. The lowest BCUT2D eigenvalue weighted by Crippen LogP contribution is -2.26. The molecule has 1 aliphatic rings. The summed E-state index contributed by atoms with van der Waals surface area (Å²) in [7, 11) is 0. The van der Waals surface area contributed by atoms with Gasteiger partial charge in [0, 0.05) is 31.1 Å². The number of amides is 1. The van der Waals surface area contributed by atoms with Crippen molar-refractivity contribution >= 4 is 17.8 Å². The van der Waals surface area contributed by atoms with Crippen molar-refractivity contribution in [2.45, 2.75) is 33.3 Å². The zero-order valence-electron chi connectivity index (χ0n) is 13.7. The van der Waals surface area contributed by atoms with Gasteiger partial charge < -0.3 is 20.3 Å². The maximum absolute atomic E-state index is 10.8. The lowest BCUT2D eigenvalue weighted by atomic mass is 10.1. The average molecular weight is 305 g/mol. The molecule has 1 amide bonds. The maximum atomic E-state index is 10.8. The Kier molecular flexibility index (Phi) is 6.68. The van der Waals surface area contributed by atoms with E-state index in [1.165, 1.54) is 25.9 Å². The Morgan fingerprint density at radius 3 is 2.68 bits per heavy atom. The van der Waals surface area contributed by atoms with Gasteiger partial charge in [-0.3, -0.25) is 4.79 Å². The summed E-state index contributed by atoms with van der Waals surface area (Å²) in [6.07, 6.45) is 3.35. The molecule has 0 bridgehead atoms. The van der Waals surface area contributed by atoms with Gasteiger partial charge in [-0.2, -0.15) is 0 Å². The number of ether oxygens (including phenoxy) is 1. The highest BCUT2D eigenvalue weighted by Gasteiger charge is 2.11. The summed E-state index contributed by atoms with van der Waals surface area (Å²) in [6, 6.07) is 4.09. The minimum Gasteiger partial charge on any atom is -0.383 e. The number of rotatable bonds is 9. The number of nitrogens with zero attached hydrogens (tertiary/aromatic N) is 1. The molecule has 0 atom stereocenters. The molecule has 0 spiro atoms. The van der Waals surface area contributed by atoms with Crippen molar-refractivity contribution in [3.8, 4) is 0 Å². The van der Waals surface area contributed by atoms with Crippen molar-refractivity contribution in [3.05, 3.63) is 23.3 Å². The van der Waals surface area contributed by atoms with Gasteiger partial charge in [0.25, 0.3) is 0 Å². The van der Waals surface area contributed by atoms with Crippen LogP contribution >= 0.6 is 0 Å². The standard InChI is InChI=1S/C17H27N3O2/c1-3-22-12-15-10-16(14(2)17(11-15)19-13-21)18-6-9-20-7-4-5-8-20/h10-11,13,18H,3-9,12H2,1-2H3,(H,19,21). The van der Waals surface area contributed by atoms with Crippen LogP contribution in [0.25, 0.3) is 0 Å². The molecule has 2 rings (SSSR count). The molecule has 1 aromatic carbocycles. The molecule has 1 fully saturated rings. The molecule has 0 saturated carbocycles. The van der Waals surface area contributed by atoms with Gasteiger partial charge in [-0.1, -0.05) is 0 Å². The van der Waals surface area contributed by atoms with Gasteiger partial charge in [0.2, 0.25) is 6.41 Å². The highest BCUT2D eigenvalue weighted by Crippen LogP contribution is 2.26. The second-order valence-electron chi connectivity index (χ2n) is 5.69. The van der Waals surface area contributed by atoms with Crippen LogP contribution in [0.15, 0.2) is 12.1 Å². The highest BCUT2D eigenvalue weighted by molar-refractivity contribution is 5.78. The Morgan fingerprint density at radius 1 is 1.27 bits per heavy atom. The number of likely N-dealkylation sites (tertiary alicyclic amines) is 1. The van der Waals surface area contributed by atoms with Crippen LogP contribution in [-0.4, -0.2) is 44.1 Å². The maximum Gasteiger partial charge on any atom is 0.211 e. The van der Waals surface area contributed by atoms with Gasteiger partial charge in [0.1, 0.15) is 0 Å². The predicted molar refractivity (Wildman–Crippen MR) is 90.4 cm³/mol. The molecule has 2 N–H and O–H groups in total. The first-order valence-electron chi connectivity index (χ1n) is 8.12. The smallest absolute Gasteiger partial charge is 0.211 e. The normalized spacial score (nSPS) is 15.0. The minimum atomic E-state index is 0.561. The van der Waals surface area contributed by atoms with E-state index in [-0.39, 0.29) is 0 Å². The van der Waals surface area contributed by atoms with Crippen molar-refractivity contribution in [1.29, 1.82) is 0 Å². The molecule has 5 heteroatoms. The SMILES string of the molecule is CCOCc1cc(NC=O)c(C)c(NCCN2CCCC2)c1. The van der Waals surface area contributed by atoms with Gasteiger partial charge >= 0.3 is 0 Å². The van der Waals surface area contributed by atoms with Crippen LogP contribution < -0.4 is 10.6 Å². The van der Waals surface area contributed by atoms with E-state index in [9.17, 15) is 4.79 Å². The number of nitrogens with one attached hydrogen (secondary N) is 2. The fourth-order valence-corrected chi connectivity index (χ4v) is 2.83. The summed E-state index contributed by atoms with van der Waals surface area (Å²) >= 11 is 0. The molecule has 0 aromatic heterocycles. The van der Waals surface area contributed by atoms with Crippen LogP contribution in [0, 0.1) is 6.92 Å². The number of carbonyl (C=O) groups is 1. The Labute approximate surface area is 133 Å². The number of hydrogen-bond donors (Lipinski definition) is 2. The third-order valence-electron chi connectivity index (χ3n) is 4.10. The van der Waals surface area contributed by atoms with Crippen LogP contribution in [0.1, 0.15) is 30.9 Å². The van der Waals surface area contributed by atoms with Crippen molar-refractivity contribution in [2.75, 3.05) is 43.4 Å². The second kappa shape index (κ2) is 8.76. The molecular weight excluding hydrogens is 278 g/mol. The molecular formula is C17H27N3O2. The summed E-state index contributed by atoms with van der Waals surface area (Å²) in [6.45, 7) is 9.65. The summed E-state index contributed by atoms with van der Waals surface area (Å²) in [5.41, 5.74) is 4.05.